The molecule has 2 aliphatic rings. The Bertz CT molecular complexity index is 598. The SMILES string of the molecule is C=C1N=C(N)C(CCO)=CN1[C@@H]1OC(CCP(=C)(C)C)[C@@H](O)[C@H]1O. The molecule has 8 heteroatoms. The van der Waals surface area contributed by atoms with E-state index in [-0.39, 0.29) is 6.61 Å². The van der Waals surface area contributed by atoms with E-state index in [2.05, 4.69) is 31.2 Å². The lowest BCUT2D eigenvalue weighted by Crippen LogP contribution is -2.42. The van der Waals surface area contributed by atoms with E-state index >= 15 is 0 Å². The summed E-state index contributed by atoms with van der Waals surface area (Å²) in [4.78, 5) is 5.72. The molecule has 0 spiro atoms. The van der Waals surface area contributed by atoms with Crippen LogP contribution in [0.1, 0.15) is 12.8 Å². The Kier molecular flexibility index (Phi) is 5.94. The highest BCUT2D eigenvalue weighted by Crippen LogP contribution is 2.39. The maximum Gasteiger partial charge on any atom is 0.164 e. The summed E-state index contributed by atoms with van der Waals surface area (Å²) in [5.74, 6) is 0.620. The predicted octanol–water partition coefficient (Wildman–Crippen LogP) is -0.0573. The molecule has 0 aromatic carbocycles. The van der Waals surface area contributed by atoms with Crippen LogP contribution < -0.4 is 5.73 Å². The van der Waals surface area contributed by atoms with Crippen molar-refractivity contribution in [2.24, 2.45) is 10.7 Å². The molecule has 1 saturated heterocycles. The molecule has 0 aliphatic carbocycles. The van der Waals surface area contributed by atoms with Gasteiger partial charge in [-0.1, -0.05) is 6.58 Å². The van der Waals surface area contributed by atoms with Crippen molar-refractivity contribution >= 4 is 19.0 Å². The highest BCUT2D eigenvalue weighted by atomic mass is 31.2. The van der Waals surface area contributed by atoms with Crippen LogP contribution in [0.15, 0.2) is 29.2 Å². The smallest absolute Gasteiger partial charge is 0.164 e. The van der Waals surface area contributed by atoms with E-state index in [1.54, 1.807) is 11.1 Å². The summed E-state index contributed by atoms with van der Waals surface area (Å²) in [5, 5.41) is 29.8. The van der Waals surface area contributed by atoms with E-state index in [9.17, 15) is 10.2 Å². The summed E-state index contributed by atoms with van der Waals surface area (Å²) < 4.78 is 5.89. The molecule has 0 saturated carbocycles. The van der Waals surface area contributed by atoms with E-state index in [1.807, 2.05) is 0 Å². The largest absolute Gasteiger partial charge is 0.396 e. The van der Waals surface area contributed by atoms with Gasteiger partial charge in [0.05, 0.1) is 6.10 Å². The van der Waals surface area contributed by atoms with E-state index in [0.29, 0.717) is 30.1 Å². The number of hydrogen-bond donors (Lipinski definition) is 4. The van der Waals surface area contributed by atoms with Gasteiger partial charge in [-0.25, -0.2) is 4.99 Å². The molecular formula is C16H28N3O4P. The third kappa shape index (κ3) is 4.29. The van der Waals surface area contributed by atoms with Crippen LogP contribution in [-0.4, -0.2) is 83.0 Å². The van der Waals surface area contributed by atoms with Crippen molar-refractivity contribution in [1.82, 2.24) is 4.90 Å². The van der Waals surface area contributed by atoms with Gasteiger partial charge in [-0.15, -0.1) is 13.2 Å². The number of amidine groups is 1. The minimum absolute atomic E-state index is 0.0655. The molecule has 1 unspecified atom stereocenters. The van der Waals surface area contributed by atoms with Crippen molar-refractivity contribution in [3.63, 3.8) is 0 Å². The quantitative estimate of drug-likeness (QED) is 0.496. The van der Waals surface area contributed by atoms with E-state index < -0.39 is 31.4 Å². The van der Waals surface area contributed by atoms with Gasteiger partial charge in [0.15, 0.2) is 6.23 Å². The van der Waals surface area contributed by atoms with Gasteiger partial charge >= 0.3 is 0 Å². The number of ether oxygens (including phenoxy) is 1. The molecule has 1 fully saturated rings. The molecule has 2 aliphatic heterocycles. The van der Waals surface area contributed by atoms with Crippen LogP contribution in [0.3, 0.4) is 0 Å². The maximum atomic E-state index is 10.4. The van der Waals surface area contributed by atoms with Gasteiger partial charge in [-0.05, 0) is 25.9 Å². The Balaban J connectivity index is 2.14. The van der Waals surface area contributed by atoms with Gasteiger partial charge in [0.2, 0.25) is 0 Å². The van der Waals surface area contributed by atoms with Crippen LogP contribution in [0.5, 0.6) is 0 Å². The Morgan fingerprint density at radius 2 is 2.04 bits per heavy atom. The van der Waals surface area contributed by atoms with Crippen LogP contribution in [0, 0.1) is 0 Å². The second kappa shape index (κ2) is 7.42. The van der Waals surface area contributed by atoms with E-state index in [4.69, 9.17) is 15.6 Å². The number of nitrogens with zero attached hydrogens (tertiary/aromatic N) is 2. The predicted molar refractivity (Wildman–Crippen MR) is 98.4 cm³/mol. The van der Waals surface area contributed by atoms with Crippen LogP contribution in [-0.2, 0) is 4.74 Å². The fourth-order valence-electron chi connectivity index (χ4n) is 2.78. The molecule has 136 valence electrons. The molecule has 7 nitrogen and oxygen atoms in total. The third-order valence-electron chi connectivity index (χ3n) is 4.18. The molecule has 5 N–H and O–H groups in total. The summed E-state index contributed by atoms with van der Waals surface area (Å²) in [6.45, 7) is 6.77. The summed E-state index contributed by atoms with van der Waals surface area (Å²) >= 11 is 0. The number of aliphatic hydroxyl groups excluding tert-OH is 3. The molecule has 24 heavy (non-hydrogen) atoms. The van der Waals surface area contributed by atoms with E-state index in [0.717, 1.165) is 6.16 Å². The van der Waals surface area contributed by atoms with Crippen molar-refractivity contribution in [1.29, 1.82) is 0 Å². The summed E-state index contributed by atoms with van der Waals surface area (Å²) in [6, 6.07) is 0. The minimum atomic E-state index is -1.24. The lowest BCUT2D eigenvalue weighted by Gasteiger charge is -2.32. The highest BCUT2D eigenvalue weighted by Gasteiger charge is 2.45. The monoisotopic (exact) mass is 357 g/mol. The lowest BCUT2D eigenvalue weighted by molar-refractivity contribution is -0.0581. The number of rotatable bonds is 6. The van der Waals surface area contributed by atoms with Crippen LogP contribution >= 0.6 is 6.89 Å². The van der Waals surface area contributed by atoms with Gasteiger partial charge in [-0.2, -0.15) is 0 Å². The van der Waals surface area contributed by atoms with Crippen LogP contribution in [0.25, 0.3) is 0 Å². The van der Waals surface area contributed by atoms with Crippen molar-refractivity contribution in [3.05, 3.63) is 24.2 Å². The lowest BCUT2D eigenvalue weighted by atomic mass is 10.1. The fourth-order valence-corrected chi connectivity index (χ4v) is 3.74. The van der Waals surface area contributed by atoms with Crippen molar-refractivity contribution < 1.29 is 20.1 Å². The Morgan fingerprint density at radius 1 is 1.38 bits per heavy atom. The standard InChI is InChI=1S/C16H28N3O4P/c1-10-18-15(17)11(5-7-20)9-19(10)16-14(22)13(21)12(23-16)6-8-24(2,3)4/h9,12-14,16,20-22H,1-2,5-8H2,3-4H3,(H2,17,18)/t12?,13-,14-,16-/m1/s1. The van der Waals surface area contributed by atoms with Crippen LogP contribution in [0.4, 0.5) is 0 Å². The number of nitrogens with two attached hydrogens (primary N) is 1. The fraction of sp³-hybridized carbons (Fsp3) is 0.625. The minimum Gasteiger partial charge on any atom is -0.396 e. The summed E-state index contributed by atoms with van der Waals surface area (Å²) in [6.07, 6.45) is 4.36. The topological polar surface area (TPSA) is 112 Å². The number of aliphatic hydroxyl groups is 3. The molecule has 0 amide bonds. The average molecular weight is 357 g/mol. The second-order valence-electron chi connectivity index (χ2n) is 6.94. The van der Waals surface area contributed by atoms with Gasteiger partial charge in [0.1, 0.15) is 23.9 Å². The first kappa shape index (κ1) is 19.2. The Morgan fingerprint density at radius 3 is 2.62 bits per heavy atom. The summed E-state index contributed by atoms with van der Waals surface area (Å²) in [7, 11) is 0. The zero-order valence-corrected chi connectivity index (χ0v) is 15.2. The first-order chi connectivity index (χ1) is 11.1. The Labute approximate surface area is 143 Å². The normalized spacial score (nSPS) is 31.2. The van der Waals surface area contributed by atoms with Crippen molar-refractivity contribution in [3.8, 4) is 0 Å². The van der Waals surface area contributed by atoms with Crippen molar-refractivity contribution in [2.45, 2.75) is 37.4 Å². The molecule has 0 radical (unpaired) electrons. The molecular weight excluding hydrogens is 329 g/mol. The molecule has 0 bridgehead atoms. The molecule has 0 aromatic heterocycles. The molecule has 2 heterocycles. The van der Waals surface area contributed by atoms with Gasteiger partial charge in [0, 0.05) is 24.8 Å². The summed E-state index contributed by atoms with van der Waals surface area (Å²) in [5.41, 5.74) is 6.47. The van der Waals surface area contributed by atoms with Crippen LogP contribution in [0.2, 0.25) is 0 Å². The molecule has 4 atom stereocenters. The number of hydrogen-bond acceptors (Lipinski definition) is 7. The maximum absolute atomic E-state index is 10.4. The van der Waals surface area contributed by atoms with Crippen molar-refractivity contribution in [2.75, 3.05) is 26.1 Å². The number of aliphatic imine (C=N–C) groups is 1. The third-order valence-corrected chi connectivity index (χ3v) is 5.65. The molecule has 0 aromatic rings. The van der Waals surface area contributed by atoms with E-state index in [1.165, 1.54) is 0 Å². The van der Waals surface area contributed by atoms with Gasteiger partial charge in [0.25, 0.3) is 0 Å². The Hall–Kier alpha value is -1.11. The molecule has 2 rings (SSSR count). The second-order valence-corrected chi connectivity index (χ2v) is 11.3. The average Bonchev–Trinajstić information content (AvgIpc) is 2.75. The first-order valence-corrected chi connectivity index (χ1v) is 11.0. The first-order valence-electron chi connectivity index (χ1n) is 7.96. The van der Waals surface area contributed by atoms with Gasteiger partial charge in [-0.3, -0.25) is 0 Å². The zero-order valence-electron chi connectivity index (χ0n) is 14.3. The van der Waals surface area contributed by atoms with Gasteiger partial charge < -0.3 is 30.7 Å². The zero-order chi connectivity index (χ0) is 18.1. The highest BCUT2D eigenvalue weighted by molar-refractivity contribution is 7.72.